The van der Waals surface area contributed by atoms with Gasteiger partial charge in [-0.05, 0) is 50.5 Å². The first-order valence-electron chi connectivity index (χ1n) is 7.02. The Morgan fingerprint density at radius 2 is 1.80 bits per heavy atom. The molecule has 1 heterocycles. The van der Waals surface area contributed by atoms with E-state index in [0.717, 1.165) is 41.1 Å². The Labute approximate surface area is 119 Å². The first kappa shape index (κ1) is 13.1. The summed E-state index contributed by atoms with van der Waals surface area (Å²) < 4.78 is 5.71. The largest absolute Gasteiger partial charge is 0.490 e. The van der Waals surface area contributed by atoms with Crippen LogP contribution < -0.4 is 4.74 Å². The molecule has 1 unspecified atom stereocenters. The fourth-order valence-electron chi connectivity index (χ4n) is 2.27. The zero-order valence-corrected chi connectivity index (χ0v) is 11.8. The van der Waals surface area contributed by atoms with Crippen LogP contribution in [0.25, 0.3) is 0 Å². The molecule has 1 aromatic carbocycles. The summed E-state index contributed by atoms with van der Waals surface area (Å²) in [5.41, 5.74) is 3.55. The number of aliphatic hydroxyl groups excluding tert-OH is 1. The fraction of sp³-hybridized carbons (Fsp3) is 0.353. The molecule has 1 N–H and O–H groups in total. The van der Waals surface area contributed by atoms with Crippen molar-refractivity contribution in [2.45, 2.75) is 38.9 Å². The smallest absolute Gasteiger partial charge is 0.119 e. The van der Waals surface area contributed by atoms with Crippen LogP contribution in [0.5, 0.6) is 5.75 Å². The van der Waals surface area contributed by atoms with Crippen molar-refractivity contribution < 1.29 is 9.84 Å². The Morgan fingerprint density at radius 3 is 2.40 bits per heavy atom. The first-order chi connectivity index (χ1) is 9.63. The van der Waals surface area contributed by atoms with Crippen molar-refractivity contribution in [2.75, 3.05) is 0 Å². The summed E-state index contributed by atoms with van der Waals surface area (Å²) in [4.78, 5) is 4.40. The van der Waals surface area contributed by atoms with Gasteiger partial charge in [0, 0.05) is 17.0 Å². The minimum atomic E-state index is -0.641. The highest BCUT2D eigenvalue weighted by atomic mass is 16.5. The average Bonchev–Trinajstić information content (AvgIpc) is 3.23. The predicted molar refractivity (Wildman–Crippen MR) is 77.9 cm³/mol. The van der Waals surface area contributed by atoms with Crippen LogP contribution in [0.2, 0.25) is 0 Å². The third kappa shape index (κ3) is 2.83. The third-order valence-corrected chi connectivity index (χ3v) is 3.58. The Balaban J connectivity index is 1.80. The standard InChI is InChI=1S/C17H19NO2/c1-11-3-10-16(12(2)18-11)17(19)13-4-6-14(7-5-13)20-15-8-9-15/h3-7,10,15,17,19H,8-9H2,1-2H3. The summed E-state index contributed by atoms with van der Waals surface area (Å²) in [6.07, 6.45) is 2.06. The number of hydrogen-bond donors (Lipinski definition) is 1. The molecule has 1 atom stereocenters. The van der Waals surface area contributed by atoms with Crippen molar-refractivity contribution in [1.82, 2.24) is 4.98 Å². The summed E-state index contributed by atoms with van der Waals surface area (Å²) in [6.45, 7) is 3.88. The van der Waals surface area contributed by atoms with Gasteiger partial charge in [0.05, 0.1) is 6.10 Å². The number of aromatic nitrogens is 1. The number of pyridine rings is 1. The number of aryl methyl sites for hydroxylation is 2. The number of ether oxygens (including phenoxy) is 1. The molecule has 20 heavy (non-hydrogen) atoms. The maximum Gasteiger partial charge on any atom is 0.119 e. The van der Waals surface area contributed by atoms with E-state index in [9.17, 15) is 5.11 Å². The van der Waals surface area contributed by atoms with Crippen LogP contribution in [0.1, 0.15) is 41.5 Å². The maximum atomic E-state index is 10.5. The second-order valence-electron chi connectivity index (χ2n) is 5.42. The molecule has 1 aromatic heterocycles. The van der Waals surface area contributed by atoms with Gasteiger partial charge in [0.2, 0.25) is 0 Å². The highest BCUT2D eigenvalue weighted by Crippen LogP contribution is 2.29. The van der Waals surface area contributed by atoms with Gasteiger partial charge < -0.3 is 9.84 Å². The van der Waals surface area contributed by atoms with E-state index in [-0.39, 0.29) is 0 Å². The monoisotopic (exact) mass is 269 g/mol. The van der Waals surface area contributed by atoms with Crippen LogP contribution in [-0.4, -0.2) is 16.2 Å². The molecule has 3 heteroatoms. The molecule has 3 rings (SSSR count). The van der Waals surface area contributed by atoms with Crippen LogP contribution >= 0.6 is 0 Å². The van der Waals surface area contributed by atoms with E-state index in [1.807, 2.05) is 50.2 Å². The van der Waals surface area contributed by atoms with E-state index in [1.54, 1.807) is 0 Å². The van der Waals surface area contributed by atoms with Gasteiger partial charge in [-0.15, -0.1) is 0 Å². The molecule has 1 aliphatic rings. The summed E-state index contributed by atoms with van der Waals surface area (Å²) >= 11 is 0. The van der Waals surface area contributed by atoms with Crippen LogP contribution in [0, 0.1) is 13.8 Å². The molecule has 0 saturated heterocycles. The van der Waals surface area contributed by atoms with Crippen LogP contribution in [0.15, 0.2) is 36.4 Å². The number of hydrogen-bond acceptors (Lipinski definition) is 3. The summed E-state index contributed by atoms with van der Waals surface area (Å²) in [5.74, 6) is 0.877. The minimum absolute atomic E-state index is 0.398. The summed E-state index contributed by atoms with van der Waals surface area (Å²) in [6, 6.07) is 11.6. The molecular formula is C17H19NO2. The third-order valence-electron chi connectivity index (χ3n) is 3.58. The molecule has 0 spiro atoms. The summed E-state index contributed by atoms with van der Waals surface area (Å²) in [5, 5.41) is 10.5. The van der Waals surface area contributed by atoms with E-state index in [0.29, 0.717) is 6.10 Å². The molecule has 1 aliphatic carbocycles. The lowest BCUT2D eigenvalue weighted by molar-refractivity contribution is 0.218. The zero-order chi connectivity index (χ0) is 14.1. The minimum Gasteiger partial charge on any atom is -0.490 e. The van der Waals surface area contributed by atoms with E-state index in [2.05, 4.69) is 4.98 Å². The van der Waals surface area contributed by atoms with Crippen molar-refractivity contribution in [3.8, 4) is 5.75 Å². The van der Waals surface area contributed by atoms with Gasteiger partial charge >= 0.3 is 0 Å². The van der Waals surface area contributed by atoms with Gasteiger partial charge in [0.1, 0.15) is 11.9 Å². The molecule has 0 amide bonds. The van der Waals surface area contributed by atoms with Crippen LogP contribution in [0.4, 0.5) is 0 Å². The lowest BCUT2D eigenvalue weighted by atomic mass is 10.00. The van der Waals surface area contributed by atoms with Crippen molar-refractivity contribution in [3.05, 3.63) is 58.9 Å². The molecule has 0 bridgehead atoms. The Hall–Kier alpha value is -1.87. The second kappa shape index (κ2) is 5.25. The van der Waals surface area contributed by atoms with Gasteiger partial charge in [-0.2, -0.15) is 0 Å². The number of rotatable bonds is 4. The van der Waals surface area contributed by atoms with Gasteiger partial charge in [0.25, 0.3) is 0 Å². The normalized spacial score (nSPS) is 15.9. The second-order valence-corrected chi connectivity index (χ2v) is 5.42. The van der Waals surface area contributed by atoms with Crippen molar-refractivity contribution in [2.24, 2.45) is 0 Å². The molecular weight excluding hydrogens is 250 g/mol. The lowest BCUT2D eigenvalue weighted by Gasteiger charge is -2.14. The molecule has 1 saturated carbocycles. The van der Waals surface area contributed by atoms with E-state index in [4.69, 9.17) is 4.74 Å². The number of benzene rings is 1. The van der Waals surface area contributed by atoms with Gasteiger partial charge in [-0.3, -0.25) is 4.98 Å². The Kier molecular flexibility index (Phi) is 3.45. The highest BCUT2D eigenvalue weighted by Gasteiger charge is 2.23. The van der Waals surface area contributed by atoms with E-state index >= 15 is 0 Å². The van der Waals surface area contributed by atoms with Gasteiger partial charge in [0.15, 0.2) is 0 Å². The molecule has 104 valence electrons. The first-order valence-corrected chi connectivity index (χ1v) is 7.02. The number of aliphatic hydroxyl groups is 1. The topological polar surface area (TPSA) is 42.4 Å². The lowest BCUT2D eigenvalue weighted by Crippen LogP contribution is -2.04. The number of nitrogens with zero attached hydrogens (tertiary/aromatic N) is 1. The zero-order valence-electron chi connectivity index (χ0n) is 11.8. The van der Waals surface area contributed by atoms with Crippen molar-refractivity contribution >= 4 is 0 Å². The molecule has 2 aromatic rings. The fourth-order valence-corrected chi connectivity index (χ4v) is 2.27. The average molecular weight is 269 g/mol. The summed E-state index contributed by atoms with van der Waals surface area (Å²) in [7, 11) is 0. The van der Waals surface area contributed by atoms with Crippen LogP contribution in [-0.2, 0) is 0 Å². The maximum absolute atomic E-state index is 10.5. The van der Waals surface area contributed by atoms with Crippen molar-refractivity contribution in [3.63, 3.8) is 0 Å². The molecule has 0 radical (unpaired) electrons. The van der Waals surface area contributed by atoms with Crippen LogP contribution in [0.3, 0.4) is 0 Å². The van der Waals surface area contributed by atoms with Crippen molar-refractivity contribution in [1.29, 1.82) is 0 Å². The van der Waals surface area contributed by atoms with E-state index < -0.39 is 6.10 Å². The van der Waals surface area contributed by atoms with E-state index in [1.165, 1.54) is 0 Å². The quantitative estimate of drug-likeness (QED) is 0.925. The molecule has 0 aliphatic heterocycles. The molecule has 1 fully saturated rings. The Morgan fingerprint density at radius 1 is 1.10 bits per heavy atom. The van der Waals surface area contributed by atoms with Gasteiger partial charge in [-0.1, -0.05) is 18.2 Å². The highest BCUT2D eigenvalue weighted by molar-refractivity contribution is 5.36. The Bertz CT molecular complexity index is 603. The molecule has 3 nitrogen and oxygen atoms in total. The predicted octanol–water partition coefficient (Wildman–Crippen LogP) is 3.32. The van der Waals surface area contributed by atoms with Gasteiger partial charge in [-0.25, -0.2) is 0 Å². The SMILES string of the molecule is Cc1ccc(C(O)c2ccc(OC3CC3)cc2)c(C)n1.